The van der Waals surface area contributed by atoms with Gasteiger partial charge in [0.1, 0.15) is 0 Å². The van der Waals surface area contributed by atoms with E-state index in [0.717, 1.165) is 32.1 Å². The van der Waals surface area contributed by atoms with Crippen molar-refractivity contribution in [2.24, 2.45) is 46.3 Å². The zero-order chi connectivity index (χ0) is 18.7. The molecule has 0 heterocycles. The molecule has 26 heavy (non-hydrogen) atoms. The van der Waals surface area contributed by atoms with Gasteiger partial charge in [0.25, 0.3) is 0 Å². The number of aliphatic hydroxyl groups excluding tert-OH is 3. The molecule has 3 heteroatoms. The van der Waals surface area contributed by atoms with Crippen molar-refractivity contribution in [1.29, 1.82) is 0 Å². The van der Waals surface area contributed by atoms with Crippen LogP contribution in [0.1, 0.15) is 78.6 Å². The average molecular weight is 365 g/mol. The van der Waals surface area contributed by atoms with Gasteiger partial charge in [-0.1, -0.05) is 20.8 Å². The summed E-state index contributed by atoms with van der Waals surface area (Å²) in [5, 5.41) is 30.8. The molecule has 0 spiro atoms. The van der Waals surface area contributed by atoms with Gasteiger partial charge in [0, 0.05) is 6.61 Å². The third-order valence-corrected chi connectivity index (χ3v) is 10.0. The van der Waals surface area contributed by atoms with Gasteiger partial charge in [-0.2, -0.15) is 0 Å². The summed E-state index contributed by atoms with van der Waals surface area (Å²) in [7, 11) is 0. The van der Waals surface area contributed by atoms with Crippen LogP contribution in [0.3, 0.4) is 0 Å². The van der Waals surface area contributed by atoms with E-state index in [1.165, 1.54) is 25.7 Å². The van der Waals surface area contributed by atoms with E-state index in [2.05, 4.69) is 20.8 Å². The molecular formula is C23H40O3. The topological polar surface area (TPSA) is 60.7 Å². The monoisotopic (exact) mass is 364 g/mol. The Balaban J connectivity index is 1.61. The molecule has 0 unspecified atom stereocenters. The second kappa shape index (κ2) is 6.74. The second-order valence-electron chi connectivity index (χ2n) is 10.9. The zero-order valence-corrected chi connectivity index (χ0v) is 17.0. The minimum atomic E-state index is -0.181. The average Bonchev–Trinajstić information content (AvgIpc) is 2.94. The van der Waals surface area contributed by atoms with Crippen molar-refractivity contribution in [3.63, 3.8) is 0 Å². The Morgan fingerprint density at radius 2 is 1.62 bits per heavy atom. The molecule has 0 radical (unpaired) electrons. The summed E-state index contributed by atoms with van der Waals surface area (Å²) < 4.78 is 0. The van der Waals surface area contributed by atoms with Crippen molar-refractivity contribution in [1.82, 2.24) is 0 Å². The van der Waals surface area contributed by atoms with Crippen molar-refractivity contribution in [2.45, 2.75) is 90.8 Å². The third-order valence-electron chi connectivity index (χ3n) is 10.0. The Kier molecular flexibility index (Phi) is 4.98. The Hall–Kier alpha value is -0.120. The van der Waals surface area contributed by atoms with E-state index in [4.69, 9.17) is 0 Å². The van der Waals surface area contributed by atoms with Crippen LogP contribution in [0.2, 0.25) is 0 Å². The van der Waals surface area contributed by atoms with Gasteiger partial charge in [0.05, 0.1) is 12.2 Å². The summed E-state index contributed by atoms with van der Waals surface area (Å²) in [4.78, 5) is 0. The van der Waals surface area contributed by atoms with E-state index in [1.54, 1.807) is 0 Å². The number of rotatable bonds is 3. The van der Waals surface area contributed by atoms with Crippen LogP contribution in [0.15, 0.2) is 0 Å². The molecule has 4 saturated carbocycles. The van der Waals surface area contributed by atoms with Crippen LogP contribution in [0.5, 0.6) is 0 Å². The molecule has 0 aromatic heterocycles. The van der Waals surface area contributed by atoms with Gasteiger partial charge in [-0.15, -0.1) is 0 Å². The molecule has 0 aromatic carbocycles. The Labute approximate surface area is 159 Å². The molecule has 4 aliphatic rings. The van der Waals surface area contributed by atoms with Crippen LogP contribution in [0.4, 0.5) is 0 Å². The molecule has 0 amide bonds. The van der Waals surface area contributed by atoms with Gasteiger partial charge < -0.3 is 15.3 Å². The molecular weight excluding hydrogens is 324 g/mol. The lowest BCUT2D eigenvalue weighted by Crippen LogP contribution is -2.58. The lowest BCUT2D eigenvalue weighted by Gasteiger charge is -2.62. The summed E-state index contributed by atoms with van der Waals surface area (Å²) in [5.41, 5.74) is 0.660. The summed E-state index contributed by atoms with van der Waals surface area (Å²) in [6.45, 7) is 7.62. The maximum Gasteiger partial charge on any atom is 0.0577 e. The van der Waals surface area contributed by atoms with E-state index in [9.17, 15) is 15.3 Å². The molecule has 0 aromatic rings. The van der Waals surface area contributed by atoms with Crippen LogP contribution in [-0.2, 0) is 0 Å². The quantitative estimate of drug-likeness (QED) is 0.709. The standard InChI is InChI=1S/C23H40O3/c1-14(8-11-24)17-4-5-18-21-19(7-10-23(17,18)3)22(2)9-6-16(25)12-15(22)13-20(21)26/h14-21,24-26H,4-13H2,1-3H3/t14-,15+,16-,17-,18+,19+,20-,21+,22+,23-/m1/s1. The third kappa shape index (κ3) is 2.71. The second-order valence-corrected chi connectivity index (χ2v) is 10.9. The van der Waals surface area contributed by atoms with E-state index in [1.807, 2.05) is 0 Å². The first kappa shape index (κ1) is 19.2. The first-order valence-electron chi connectivity index (χ1n) is 11.3. The molecule has 4 fully saturated rings. The molecule has 3 nitrogen and oxygen atoms in total. The highest BCUT2D eigenvalue weighted by atomic mass is 16.3. The first-order valence-corrected chi connectivity index (χ1v) is 11.3. The molecule has 10 atom stereocenters. The van der Waals surface area contributed by atoms with Gasteiger partial charge in [-0.05, 0) is 104 Å². The molecule has 0 saturated heterocycles. The number of hydrogen-bond donors (Lipinski definition) is 3. The predicted octanol–water partition coefficient (Wildman–Crippen LogP) is 4.00. The maximum atomic E-state index is 11.2. The van der Waals surface area contributed by atoms with Gasteiger partial charge >= 0.3 is 0 Å². The molecule has 3 N–H and O–H groups in total. The maximum absolute atomic E-state index is 11.2. The molecule has 4 rings (SSSR count). The van der Waals surface area contributed by atoms with Gasteiger partial charge in [0.2, 0.25) is 0 Å². The fourth-order valence-electron chi connectivity index (χ4n) is 8.58. The van der Waals surface area contributed by atoms with Crippen LogP contribution >= 0.6 is 0 Å². The van der Waals surface area contributed by atoms with Gasteiger partial charge in [-0.3, -0.25) is 0 Å². The fraction of sp³-hybridized carbons (Fsp3) is 1.00. The van der Waals surface area contributed by atoms with Gasteiger partial charge in [0.15, 0.2) is 0 Å². The Bertz CT molecular complexity index is 522. The highest BCUT2D eigenvalue weighted by Gasteiger charge is 2.62. The van der Waals surface area contributed by atoms with E-state index < -0.39 is 0 Å². The van der Waals surface area contributed by atoms with Crippen LogP contribution in [-0.4, -0.2) is 34.1 Å². The normalized spacial score (nSPS) is 54.9. The van der Waals surface area contributed by atoms with Gasteiger partial charge in [-0.25, -0.2) is 0 Å². The van der Waals surface area contributed by atoms with Crippen LogP contribution < -0.4 is 0 Å². The van der Waals surface area contributed by atoms with Crippen LogP contribution in [0.25, 0.3) is 0 Å². The predicted molar refractivity (Wildman–Crippen MR) is 103 cm³/mol. The highest BCUT2D eigenvalue weighted by molar-refractivity contribution is 5.11. The minimum Gasteiger partial charge on any atom is -0.396 e. The molecule has 4 aliphatic carbocycles. The molecule has 0 aliphatic heterocycles. The summed E-state index contributed by atoms with van der Waals surface area (Å²) in [5.74, 6) is 3.52. The van der Waals surface area contributed by atoms with Crippen molar-refractivity contribution in [2.75, 3.05) is 6.61 Å². The number of aliphatic hydroxyl groups is 3. The zero-order valence-electron chi connectivity index (χ0n) is 17.0. The summed E-state index contributed by atoms with van der Waals surface area (Å²) in [6.07, 6.45) is 9.55. The summed E-state index contributed by atoms with van der Waals surface area (Å²) in [6, 6.07) is 0. The van der Waals surface area contributed by atoms with Crippen LogP contribution in [0, 0.1) is 46.3 Å². The van der Waals surface area contributed by atoms with Crippen molar-refractivity contribution in [3.05, 3.63) is 0 Å². The highest BCUT2D eigenvalue weighted by Crippen LogP contribution is 2.68. The van der Waals surface area contributed by atoms with Crippen molar-refractivity contribution >= 4 is 0 Å². The lowest BCUT2D eigenvalue weighted by atomic mass is 9.43. The van der Waals surface area contributed by atoms with E-state index >= 15 is 0 Å². The number of fused-ring (bicyclic) bond motifs is 5. The summed E-state index contributed by atoms with van der Waals surface area (Å²) >= 11 is 0. The largest absolute Gasteiger partial charge is 0.396 e. The molecule has 150 valence electrons. The fourth-order valence-corrected chi connectivity index (χ4v) is 8.58. The smallest absolute Gasteiger partial charge is 0.0577 e. The Morgan fingerprint density at radius 1 is 0.923 bits per heavy atom. The molecule has 0 bridgehead atoms. The SMILES string of the molecule is C[C@H](CCO)[C@H]1CC[C@H]2[C@@H]3[C@H](O)C[C@@H]4C[C@H](O)CC[C@]4(C)[C@H]3CC[C@]12C. The van der Waals surface area contributed by atoms with Crippen molar-refractivity contribution in [3.8, 4) is 0 Å². The Morgan fingerprint density at radius 3 is 2.35 bits per heavy atom. The van der Waals surface area contributed by atoms with Crippen molar-refractivity contribution < 1.29 is 15.3 Å². The van der Waals surface area contributed by atoms with E-state index in [0.29, 0.717) is 52.9 Å². The first-order chi connectivity index (χ1) is 12.3. The minimum absolute atomic E-state index is 0.152. The lowest BCUT2D eigenvalue weighted by molar-refractivity contribution is -0.174. The van der Waals surface area contributed by atoms with E-state index in [-0.39, 0.29) is 12.2 Å². The number of hydrogen-bond acceptors (Lipinski definition) is 3.